The topological polar surface area (TPSA) is 86.8 Å². The number of sulfonamides is 1. The van der Waals surface area contributed by atoms with E-state index in [0.29, 0.717) is 28.6 Å². The van der Waals surface area contributed by atoms with Crippen molar-refractivity contribution in [2.24, 2.45) is 0 Å². The smallest absolute Gasteiger partial charge is 0.243 e. The van der Waals surface area contributed by atoms with E-state index in [1.807, 2.05) is 37.3 Å². The van der Waals surface area contributed by atoms with E-state index in [2.05, 4.69) is 5.32 Å². The lowest BCUT2D eigenvalue weighted by Gasteiger charge is -2.32. The summed E-state index contributed by atoms with van der Waals surface area (Å²) in [4.78, 5) is 28.9. The Hall–Kier alpha value is -2.91. The molecule has 0 radical (unpaired) electrons. The second-order valence-electron chi connectivity index (χ2n) is 9.50. The lowest BCUT2D eigenvalue weighted by Crippen LogP contribution is -2.50. The Morgan fingerprint density at radius 3 is 2.23 bits per heavy atom. The van der Waals surface area contributed by atoms with E-state index in [9.17, 15) is 18.0 Å². The van der Waals surface area contributed by atoms with Crippen LogP contribution in [-0.4, -0.2) is 55.6 Å². The van der Waals surface area contributed by atoms with Gasteiger partial charge < -0.3 is 10.2 Å². The van der Waals surface area contributed by atoms with Crippen LogP contribution in [0.1, 0.15) is 37.3 Å². The van der Waals surface area contributed by atoms with Crippen LogP contribution in [0, 0.1) is 0 Å². The van der Waals surface area contributed by atoms with Gasteiger partial charge in [-0.3, -0.25) is 9.59 Å². The molecule has 3 rings (SSSR count). The summed E-state index contributed by atoms with van der Waals surface area (Å²) >= 11 is 12.6. The minimum Gasteiger partial charge on any atom is -0.354 e. The van der Waals surface area contributed by atoms with Crippen LogP contribution in [0.2, 0.25) is 10.0 Å². The van der Waals surface area contributed by atoms with Crippen molar-refractivity contribution in [2.45, 2.75) is 50.1 Å². The number of amides is 2. The molecule has 0 aliphatic heterocycles. The van der Waals surface area contributed by atoms with Crippen molar-refractivity contribution in [2.75, 3.05) is 20.1 Å². The highest BCUT2D eigenvalue weighted by Gasteiger charge is 2.31. The Morgan fingerprint density at radius 2 is 1.60 bits per heavy atom. The fraction of sp³-hybridized carbons (Fsp3) is 0.333. The summed E-state index contributed by atoms with van der Waals surface area (Å²) in [5.41, 5.74) is 1.57. The zero-order chi connectivity index (χ0) is 29.1. The summed E-state index contributed by atoms with van der Waals surface area (Å²) in [6.07, 6.45) is 1.39. The third kappa shape index (κ3) is 8.80. The molecule has 0 spiro atoms. The number of nitrogens with zero attached hydrogens (tertiary/aromatic N) is 2. The van der Waals surface area contributed by atoms with E-state index in [4.69, 9.17) is 23.2 Å². The second kappa shape index (κ2) is 15.2. The van der Waals surface area contributed by atoms with Crippen molar-refractivity contribution in [1.82, 2.24) is 14.5 Å². The molecule has 7 nitrogen and oxygen atoms in total. The summed E-state index contributed by atoms with van der Waals surface area (Å²) < 4.78 is 27.0. The summed E-state index contributed by atoms with van der Waals surface area (Å²) in [7, 11) is -2.19. The second-order valence-corrected chi connectivity index (χ2v) is 12.4. The van der Waals surface area contributed by atoms with Crippen LogP contribution in [0.25, 0.3) is 0 Å². The minimum absolute atomic E-state index is 0.0478. The van der Waals surface area contributed by atoms with Crippen LogP contribution in [-0.2, 0) is 32.6 Å². The number of hydrogen-bond donors (Lipinski definition) is 1. The van der Waals surface area contributed by atoms with Gasteiger partial charge in [0.05, 0.1) is 4.90 Å². The maximum absolute atomic E-state index is 13.7. The highest BCUT2D eigenvalue weighted by Crippen LogP contribution is 2.25. The van der Waals surface area contributed by atoms with Crippen LogP contribution in [0.5, 0.6) is 0 Å². The fourth-order valence-electron chi connectivity index (χ4n) is 4.24. The van der Waals surface area contributed by atoms with Crippen molar-refractivity contribution in [3.63, 3.8) is 0 Å². The van der Waals surface area contributed by atoms with Gasteiger partial charge in [-0.25, -0.2) is 12.7 Å². The molecule has 40 heavy (non-hydrogen) atoms. The SMILES string of the molecule is CCCNC(=O)[C@H](Cc1ccccc1)N(Cc1ccc(Cl)cc1Cl)C(=O)CCCN(C)S(=O)(=O)c1ccccc1. The zero-order valence-electron chi connectivity index (χ0n) is 22.7. The molecule has 3 aromatic rings. The standard InChI is InChI=1S/C30H35Cl2N3O4S/c1-3-18-33-30(37)28(20-23-11-6-4-7-12-23)35(22-24-16-17-25(31)21-27(24)32)29(36)15-10-19-34(2)40(38,39)26-13-8-5-9-14-26/h4-9,11-14,16-17,21,28H,3,10,15,18-20,22H2,1-2H3,(H,33,37)/t28-/m0/s1. The molecule has 214 valence electrons. The average molecular weight is 605 g/mol. The van der Waals surface area contributed by atoms with Gasteiger partial charge in [-0.2, -0.15) is 0 Å². The normalized spacial score (nSPS) is 12.2. The minimum atomic E-state index is -3.68. The lowest BCUT2D eigenvalue weighted by atomic mass is 10.0. The van der Waals surface area contributed by atoms with Crippen LogP contribution in [0.4, 0.5) is 0 Å². The predicted molar refractivity (Wildman–Crippen MR) is 160 cm³/mol. The van der Waals surface area contributed by atoms with Crippen molar-refractivity contribution < 1.29 is 18.0 Å². The van der Waals surface area contributed by atoms with E-state index in [1.54, 1.807) is 41.3 Å². The predicted octanol–water partition coefficient (Wildman–Crippen LogP) is 5.56. The molecule has 1 atom stereocenters. The fourth-order valence-corrected chi connectivity index (χ4v) is 5.94. The van der Waals surface area contributed by atoms with Gasteiger partial charge in [-0.1, -0.05) is 84.7 Å². The first-order valence-electron chi connectivity index (χ1n) is 13.2. The Kier molecular flexibility index (Phi) is 12.0. The number of carbonyl (C=O) groups excluding carboxylic acids is 2. The maximum atomic E-state index is 13.7. The number of halogens is 2. The molecule has 2 amide bonds. The van der Waals surface area contributed by atoms with E-state index in [1.165, 1.54) is 23.5 Å². The van der Waals surface area contributed by atoms with Gasteiger partial charge in [0.1, 0.15) is 6.04 Å². The summed E-state index contributed by atoms with van der Waals surface area (Å²) in [6, 6.07) is 21.9. The van der Waals surface area contributed by atoms with E-state index >= 15 is 0 Å². The van der Waals surface area contributed by atoms with Gasteiger partial charge in [0.25, 0.3) is 0 Å². The maximum Gasteiger partial charge on any atom is 0.243 e. The third-order valence-corrected chi connectivity index (χ3v) is 8.95. The van der Waals surface area contributed by atoms with E-state index < -0.39 is 16.1 Å². The first kappa shape index (κ1) is 31.6. The van der Waals surface area contributed by atoms with Crippen molar-refractivity contribution >= 4 is 45.0 Å². The molecule has 0 bridgehead atoms. The number of benzene rings is 3. The van der Waals surface area contributed by atoms with Gasteiger partial charge in [0.2, 0.25) is 21.8 Å². The Balaban J connectivity index is 1.84. The summed E-state index contributed by atoms with van der Waals surface area (Å²) in [5, 5.41) is 3.80. The average Bonchev–Trinajstić information content (AvgIpc) is 2.95. The van der Waals surface area contributed by atoms with Gasteiger partial charge in [0, 0.05) is 49.6 Å². The third-order valence-electron chi connectivity index (χ3n) is 6.49. The molecular weight excluding hydrogens is 569 g/mol. The number of carbonyl (C=O) groups is 2. The van der Waals surface area contributed by atoms with Crippen LogP contribution in [0.3, 0.4) is 0 Å². The molecular formula is C30H35Cl2N3O4S. The van der Waals surface area contributed by atoms with Crippen LogP contribution in [0.15, 0.2) is 83.8 Å². The Morgan fingerprint density at radius 1 is 0.950 bits per heavy atom. The molecule has 0 aliphatic rings. The van der Waals surface area contributed by atoms with Gasteiger partial charge >= 0.3 is 0 Å². The largest absolute Gasteiger partial charge is 0.354 e. The molecule has 0 fully saturated rings. The molecule has 0 unspecified atom stereocenters. The molecule has 1 N–H and O–H groups in total. The molecule has 0 saturated carbocycles. The molecule has 3 aromatic carbocycles. The first-order chi connectivity index (χ1) is 19.1. The van der Waals surface area contributed by atoms with Gasteiger partial charge in [-0.15, -0.1) is 0 Å². The molecule has 0 aromatic heterocycles. The van der Waals surface area contributed by atoms with Gasteiger partial charge in [-0.05, 0) is 48.2 Å². The lowest BCUT2D eigenvalue weighted by molar-refractivity contribution is -0.141. The summed E-state index contributed by atoms with van der Waals surface area (Å²) in [6.45, 7) is 2.69. The zero-order valence-corrected chi connectivity index (χ0v) is 25.1. The molecule has 10 heteroatoms. The Labute approximate surface area is 247 Å². The highest BCUT2D eigenvalue weighted by molar-refractivity contribution is 7.89. The first-order valence-corrected chi connectivity index (χ1v) is 15.4. The molecule has 0 aliphatic carbocycles. The van der Waals surface area contributed by atoms with Crippen molar-refractivity contribution in [1.29, 1.82) is 0 Å². The van der Waals surface area contributed by atoms with E-state index in [-0.39, 0.29) is 42.6 Å². The van der Waals surface area contributed by atoms with Crippen LogP contribution >= 0.6 is 23.2 Å². The van der Waals surface area contributed by atoms with Gasteiger partial charge in [0.15, 0.2) is 0 Å². The molecule has 0 saturated heterocycles. The number of rotatable bonds is 14. The number of nitrogens with one attached hydrogen (secondary N) is 1. The quantitative estimate of drug-likeness (QED) is 0.261. The van der Waals surface area contributed by atoms with Crippen LogP contribution < -0.4 is 5.32 Å². The molecule has 0 heterocycles. The monoisotopic (exact) mass is 603 g/mol. The Bertz CT molecular complexity index is 1370. The van der Waals surface area contributed by atoms with Crippen molar-refractivity contribution in [3.05, 3.63) is 100 Å². The van der Waals surface area contributed by atoms with Crippen molar-refractivity contribution in [3.8, 4) is 0 Å². The summed E-state index contributed by atoms with van der Waals surface area (Å²) in [5.74, 6) is -0.531. The number of hydrogen-bond acceptors (Lipinski definition) is 4. The van der Waals surface area contributed by atoms with E-state index in [0.717, 1.165) is 12.0 Å². The highest BCUT2D eigenvalue weighted by atomic mass is 35.5.